The van der Waals surface area contributed by atoms with Crippen LogP contribution in [0, 0.1) is 0 Å². The van der Waals surface area contributed by atoms with Crippen LogP contribution in [0.2, 0.25) is 0 Å². The maximum Gasteiger partial charge on any atom is 0.0861 e. The van der Waals surface area contributed by atoms with Gasteiger partial charge in [-0.05, 0) is 11.1 Å². The van der Waals surface area contributed by atoms with Crippen LogP contribution in [0.1, 0.15) is 12.0 Å². The summed E-state index contributed by atoms with van der Waals surface area (Å²) in [5.41, 5.74) is 2.59. The fraction of sp³-hybridized carbons (Fsp3) is 0.182. The highest BCUT2D eigenvalue weighted by Crippen LogP contribution is 2.25. The zero-order chi connectivity index (χ0) is 9.26. The summed E-state index contributed by atoms with van der Waals surface area (Å²) in [6.07, 6.45) is 3.01. The molecule has 1 aromatic rings. The van der Waals surface area contributed by atoms with Crippen LogP contribution in [0.15, 0.2) is 36.5 Å². The van der Waals surface area contributed by atoms with E-state index >= 15 is 0 Å². The first-order chi connectivity index (χ1) is 6.27. The van der Waals surface area contributed by atoms with E-state index in [-0.39, 0.29) is 0 Å². The van der Waals surface area contributed by atoms with Crippen molar-refractivity contribution < 1.29 is 0 Å². The van der Waals surface area contributed by atoms with E-state index in [1.54, 1.807) is 0 Å². The largest absolute Gasteiger partial charge is 0.345 e. The van der Waals surface area contributed by atoms with Crippen molar-refractivity contribution in [1.29, 1.82) is 0 Å². The Kier molecular flexibility index (Phi) is 2.15. The van der Waals surface area contributed by atoms with Gasteiger partial charge in [-0.3, -0.25) is 0 Å². The standard InChI is InChI=1S/C11H11NS/c1-12-8-10(7-11(12)13)9-5-3-2-4-6-9/h2-6,8H,7H2,1H3. The molecule has 1 aliphatic heterocycles. The van der Waals surface area contributed by atoms with Gasteiger partial charge in [-0.1, -0.05) is 42.5 Å². The third-order valence-electron chi connectivity index (χ3n) is 2.23. The molecule has 0 fully saturated rings. The third-order valence-corrected chi connectivity index (χ3v) is 2.66. The molecule has 0 atom stereocenters. The Labute approximate surface area is 83.7 Å². The molecule has 0 spiro atoms. The predicted molar refractivity (Wildman–Crippen MR) is 59.4 cm³/mol. The van der Waals surface area contributed by atoms with Gasteiger partial charge in [0.25, 0.3) is 0 Å². The Morgan fingerprint density at radius 1 is 1.23 bits per heavy atom. The third kappa shape index (κ3) is 1.63. The van der Waals surface area contributed by atoms with Crippen molar-refractivity contribution >= 4 is 22.8 Å². The minimum absolute atomic E-state index is 0.899. The minimum atomic E-state index is 0.899. The molecular formula is C11H11NS. The molecule has 13 heavy (non-hydrogen) atoms. The van der Waals surface area contributed by atoms with E-state index in [0.717, 1.165) is 11.4 Å². The summed E-state index contributed by atoms with van der Waals surface area (Å²) in [5, 5.41) is 0. The van der Waals surface area contributed by atoms with Crippen molar-refractivity contribution in [3.8, 4) is 0 Å². The van der Waals surface area contributed by atoms with Crippen LogP contribution in [0.25, 0.3) is 5.57 Å². The number of hydrogen-bond acceptors (Lipinski definition) is 1. The number of thiocarbonyl (C=S) groups is 1. The quantitative estimate of drug-likeness (QED) is 0.625. The molecule has 2 heteroatoms. The van der Waals surface area contributed by atoms with Gasteiger partial charge in [0, 0.05) is 19.7 Å². The maximum absolute atomic E-state index is 5.19. The summed E-state index contributed by atoms with van der Waals surface area (Å²) in [7, 11) is 2.00. The van der Waals surface area contributed by atoms with E-state index in [2.05, 4.69) is 30.5 Å². The van der Waals surface area contributed by atoms with Gasteiger partial charge in [0.05, 0.1) is 4.99 Å². The van der Waals surface area contributed by atoms with Crippen molar-refractivity contribution in [2.24, 2.45) is 0 Å². The van der Waals surface area contributed by atoms with Crippen LogP contribution in [0.5, 0.6) is 0 Å². The van der Waals surface area contributed by atoms with Crippen molar-refractivity contribution in [3.63, 3.8) is 0 Å². The smallest absolute Gasteiger partial charge is 0.0861 e. The molecule has 2 rings (SSSR count). The normalized spacial score (nSPS) is 16.2. The van der Waals surface area contributed by atoms with E-state index in [9.17, 15) is 0 Å². The lowest BCUT2D eigenvalue weighted by molar-refractivity contribution is 0.715. The van der Waals surface area contributed by atoms with E-state index in [1.165, 1.54) is 11.1 Å². The lowest BCUT2D eigenvalue weighted by Gasteiger charge is -2.04. The monoisotopic (exact) mass is 189 g/mol. The van der Waals surface area contributed by atoms with Crippen LogP contribution in [-0.4, -0.2) is 16.9 Å². The maximum atomic E-state index is 5.19. The summed E-state index contributed by atoms with van der Waals surface area (Å²) in [6.45, 7) is 0. The van der Waals surface area contributed by atoms with Gasteiger partial charge in [0.15, 0.2) is 0 Å². The van der Waals surface area contributed by atoms with Crippen LogP contribution >= 0.6 is 12.2 Å². The molecule has 0 saturated carbocycles. The second kappa shape index (κ2) is 3.30. The summed E-state index contributed by atoms with van der Waals surface area (Å²) in [5.74, 6) is 0. The molecule has 0 aliphatic carbocycles. The molecule has 0 aromatic heterocycles. The molecule has 0 unspecified atom stereocenters. The second-order valence-electron chi connectivity index (χ2n) is 3.20. The Morgan fingerprint density at radius 2 is 1.92 bits per heavy atom. The lowest BCUT2D eigenvalue weighted by Crippen LogP contribution is -2.11. The highest BCUT2D eigenvalue weighted by molar-refractivity contribution is 7.80. The van der Waals surface area contributed by atoms with E-state index in [4.69, 9.17) is 12.2 Å². The van der Waals surface area contributed by atoms with Gasteiger partial charge in [0.2, 0.25) is 0 Å². The van der Waals surface area contributed by atoms with Gasteiger partial charge in [-0.15, -0.1) is 0 Å². The highest BCUT2D eigenvalue weighted by atomic mass is 32.1. The van der Waals surface area contributed by atoms with Crippen molar-refractivity contribution in [2.75, 3.05) is 7.05 Å². The average molecular weight is 189 g/mol. The van der Waals surface area contributed by atoms with Crippen molar-refractivity contribution in [1.82, 2.24) is 4.90 Å². The zero-order valence-electron chi connectivity index (χ0n) is 7.53. The summed E-state index contributed by atoms with van der Waals surface area (Å²) >= 11 is 5.19. The average Bonchev–Trinajstić information content (AvgIpc) is 2.49. The van der Waals surface area contributed by atoms with Crippen LogP contribution in [-0.2, 0) is 0 Å². The zero-order valence-corrected chi connectivity index (χ0v) is 8.34. The fourth-order valence-electron chi connectivity index (χ4n) is 1.47. The molecule has 0 radical (unpaired) electrons. The minimum Gasteiger partial charge on any atom is -0.345 e. The molecule has 1 nitrogen and oxygen atoms in total. The first-order valence-electron chi connectivity index (χ1n) is 4.29. The predicted octanol–water partition coefficient (Wildman–Crippen LogP) is 2.69. The number of hydrogen-bond donors (Lipinski definition) is 0. The molecule has 66 valence electrons. The molecule has 0 saturated heterocycles. The molecule has 1 aliphatic rings. The molecule has 0 amide bonds. The molecule has 1 heterocycles. The van der Waals surface area contributed by atoms with Crippen molar-refractivity contribution in [2.45, 2.75) is 6.42 Å². The van der Waals surface area contributed by atoms with Gasteiger partial charge in [0.1, 0.15) is 0 Å². The van der Waals surface area contributed by atoms with Crippen LogP contribution < -0.4 is 0 Å². The summed E-state index contributed by atoms with van der Waals surface area (Å²) < 4.78 is 0. The van der Waals surface area contributed by atoms with E-state index in [0.29, 0.717) is 0 Å². The summed E-state index contributed by atoms with van der Waals surface area (Å²) in [4.78, 5) is 3.01. The van der Waals surface area contributed by atoms with Gasteiger partial charge in [-0.25, -0.2) is 0 Å². The number of benzene rings is 1. The highest BCUT2D eigenvalue weighted by Gasteiger charge is 2.15. The topological polar surface area (TPSA) is 3.24 Å². The Balaban J connectivity index is 2.30. The van der Waals surface area contributed by atoms with Gasteiger partial charge < -0.3 is 4.90 Å². The van der Waals surface area contributed by atoms with E-state index < -0.39 is 0 Å². The molecule has 1 aromatic carbocycles. The van der Waals surface area contributed by atoms with Crippen LogP contribution in [0.3, 0.4) is 0 Å². The van der Waals surface area contributed by atoms with Gasteiger partial charge >= 0.3 is 0 Å². The molecule has 0 bridgehead atoms. The fourth-order valence-corrected chi connectivity index (χ4v) is 1.68. The Bertz CT molecular complexity index is 354. The first kappa shape index (κ1) is 8.45. The number of nitrogens with zero attached hydrogens (tertiary/aromatic N) is 1. The Hall–Kier alpha value is -1.15. The number of rotatable bonds is 1. The lowest BCUT2D eigenvalue weighted by atomic mass is 10.1. The molecular weight excluding hydrogens is 178 g/mol. The molecule has 0 N–H and O–H groups in total. The Morgan fingerprint density at radius 3 is 2.46 bits per heavy atom. The summed E-state index contributed by atoms with van der Waals surface area (Å²) in [6, 6.07) is 10.4. The first-order valence-corrected chi connectivity index (χ1v) is 4.70. The SMILES string of the molecule is CN1C=C(c2ccccc2)CC1=S. The van der Waals surface area contributed by atoms with Crippen molar-refractivity contribution in [3.05, 3.63) is 42.1 Å². The van der Waals surface area contributed by atoms with Gasteiger partial charge in [-0.2, -0.15) is 0 Å². The second-order valence-corrected chi connectivity index (χ2v) is 3.67. The van der Waals surface area contributed by atoms with E-state index in [1.807, 2.05) is 18.0 Å². The van der Waals surface area contributed by atoms with Crippen LogP contribution in [0.4, 0.5) is 0 Å².